The average Bonchev–Trinajstić information content (AvgIpc) is 3.52. The van der Waals surface area contributed by atoms with Gasteiger partial charge in [0.25, 0.3) is 17.4 Å². The van der Waals surface area contributed by atoms with Gasteiger partial charge in [0.2, 0.25) is 0 Å². The predicted molar refractivity (Wildman–Crippen MR) is 134 cm³/mol. The van der Waals surface area contributed by atoms with Crippen molar-refractivity contribution in [3.05, 3.63) is 68.6 Å². The fourth-order valence-corrected chi connectivity index (χ4v) is 6.50. The summed E-state index contributed by atoms with van der Waals surface area (Å²) in [6.45, 7) is 0.410. The van der Waals surface area contributed by atoms with E-state index in [-0.39, 0.29) is 30.9 Å². The fraction of sp³-hybridized carbons (Fsp3) is 0.435. The molecule has 2 amide bonds. The number of rotatable bonds is 9. The Kier molecular flexibility index (Phi) is 7.55. The van der Waals surface area contributed by atoms with Gasteiger partial charge in [-0.05, 0) is 49.1 Å². The van der Waals surface area contributed by atoms with Crippen LogP contribution >= 0.6 is 22.4 Å². The van der Waals surface area contributed by atoms with Crippen LogP contribution in [0.15, 0.2) is 41.2 Å². The molecule has 0 radical (unpaired) electrons. The highest BCUT2D eigenvalue weighted by atomic mass is 35.5. The number of hydrogen-bond donors (Lipinski definition) is 5. The van der Waals surface area contributed by atoms with Gasteiger partial charge in [-0.15, -0.1) is 10.8 Å². The van der Waals surface area contributed by atoms with E-state index in [1.165, 1.54) is 12.1 Å². The highest BCUT2D eigenvalue weighted by molar-refractivity contribution is 8.22. The number of carbonyl (C=O) groups is 2. The largest absolute Gasteiger partial charge is 0.395 e. The van der Waals surface area contributed by atoms with Gasteiger partial charge < -0.3 is 20.3 Å². The number of halogens is 1. The number of aliphatic hydroxyl groups excluding tert-OH is 1. The van der Waals surface area contributed by atoms with Gasteiger partial charge in [-0.3, -0.25) is 23.5 Å². The SMILES string of the molecule is O=C(NCc1ccc(Cl)cc1)c1ccc(C(=O)NCC2(N3CCCS3(O)O)CC2)n(CCO)c1=O. The second kappa shape index (κ2) is 10.3. The molecular formula is C23H29ClN4O6S. The Morgan fingerprint density at radius 1 is 1.06 bits per heavy atom. The van der Waals surface area contributed by atoms with Crippen molar-refractivity contribution in [2.75, 3.05) is 25.4 Å². The third-order valence-corrected chi connectivity index (χ3v) is 8.77. The quantitative estimate of drug-likeness (QED) is 0.337. The van der Waals surface area contributed by atoms with Crippen molar-refractivity contribution in [1.29, 1.82) is 0 Å². The summed E-state index contributed by atoms with van der Waals surface area (Å²) in [6, 6.07) is 9.59. The van der Waals surface area contributed by atoms with Crippen LogP contribution in [0.2, 0.25) is 5.02 Å². The zero-order valence-corrected chi connectivity index (χ0v) is 20.6. The predicted octanol–water partition coefficient (Wildman–Crippen LogP) is 2.06. The molecule has 2 aromatic rings. The number of pyridine rings is 1. The molecule has 1 saturated heterocycles. The molecule has 0 atom stereocenters. The van der Waals surface area contributed by atoms with Crippen LogP contribution < -0.4 is 16.2 Å². The molecule has 5 N–H and O–H groups in total. The number of aliphatic hydroxyl groups is 1. The van der Waals surface area contributed by atoms with Crippen molar-refractivity contribution < 1.29 is 23.8 Å². The number of aromatic nitrogens is 1. The third-order valence-electron chi connectivity index (χ3n) is 6.41. The molecule has 1 aromatic carbocycles. The summed E-state index contributed by atoms with van der Waals surface area (Å²) in [4.78, 5) is 38.6. The van der Waals surface area contributed by atoms with Crippen LogP contribution in [0.5, 0.6) is 0 Å². The number of benzene rings is 1. The van der Waals surface area contributed by atoms with Gasteiger partial charge in [-0.25, -0.2) is 0 Å². The summed E-state index contributed by atoms with van der Waals surface area (Å²) in [5.41, 5.74) is -0.502. The van der Waals surface area contributed by atoms with Crippen molar-refractivity contribution in [3.63, 3.8) is 0 Å². The lowest BCUT2D eigenvalue weighted by molar-refractivity contribution is 0.0919. The Labute approximate surface area is 209 Å². The monoisotopic (exact) mass is 524 g/mol. The van der Waals surface area contributed by atoms with Gasteiger partial charge in [0, 0.05) is 31.2 Å². The minimum absolute atomic E-state index is 0.0159. The van der Waals surface area contributed by atoms with Gasteiger partial charge in [0.05, 0.1) is 17.9 Å². The summed E-state index contributed by atoms with van der Waals surface area (Å²) >= 11 is 5.87. The molecule has 35 heavy (non-hydrogen) atoms. The van der Waals surface area contributed by atoms with Gasteiger partial charge in [0.15, 0.2) is 0 Å². The molecule has 2 aliphatic rings. The van der Waals surface area contributed by atoms with E-state index in [2.05, 4.69) is 10.6 Å². The molecule has 1 saturated carbocycles. The van der Waals surface area contributed by atoms with E-state index in [0.29, 0.717) is 23.7 Å². The second-order valence-corrected chi connectivity index (χ2v) is 11.4. The lowest BCUT2D eigenvalue weighted by atomic mass is 10.2. The summed E-state index contributed by atoms with van der Waals surface area (Å²) in [5.74, 6) is -0.800. The van der Waals surface area contributed by atoms with E-state index in [9.17, 15) is 28.6 Å². The molecule has 12 heteroatoms. The van der Waals surface area contributed by atoms with Gasteiger partial charge in [-0.1, -0.05) is 23.7 Å². The van der Waals surface area contributed by atoms with Crippen LogP contribution in [0.25, 0.3) is 0 Å². The minimum atomic E-state index is -2.82. The minimum Gasteiger partial charge on any atom is -0.395 e. The number of hydrogen-bond acceptors (Lipinski definition) is 7. The maximum atomic E-state index is 13.0. The first-order chi connectivity index (χ1) is 16.7. The molecular weight excluding hydrogens is 496 g/mol. The molecule has 4 rings (SSSR count). The molecule has 2 heterocycles. The van der Waals surface area contributed by atoms with E-state index < -0.39 is 40.3 Å². The van der Waals surface area contributed by atoms with Crippen molar-refractivity contribution in [2.24, 2.45) is 0 Å². The highest BCUT2D eigenvalue weighted by Crippen LogP contribution is 2.59. The van der Waals surface area contributed by atoms with Crippen molar-refractivity contribution >= 4 is 34.2 Å². The molecule has 0 unspecified atom stereocenters. The highest BCUT2D eigenvalue weighted by Gasteiger charge is 2.54. The zero-order valence-electron chi connectivity index (χ0n) is 19.1. The standard InChI is InChI=1S/C23H29ClN4O6S/c24-17-4-2-16(3-5-17)14-25-20(30)18-6-7-19(27(11-12-29)22(18)32)21(31)26-15-23(8-9-23)28-10-1-13-35(28,33)34/h2-7,29,33-34H,1,8-15H2,(H,25,30)(H,26,31). The molecule has 1 aromatic heterocycles. The van der Waals surface area contributed by atoms with E-state index in [0.717, 1.165) is 23.0 Å². The number of carbonyl (C=O) groups excluding carboxylic acids is 2. The Morgan fingerprint density at radius 3 is 2.37 bits per heavy atom. The van der Waals surface area contributed by atoms with E-state index in [4.69, 9.17) is 11.6 Å². The molecule has 10 nitrogen and oxygen atoms in total. The normalized spacial score (nSPS) is 19.2. The maximum absolute atomic E-state index is 13.0. The van der Waals surface area contributed by atoms with Crippen molar-refractivity contribution in [1.82, 2.24) is 19.5 Å². The maximum Gasteiger partial charge on any atom is 0.268 e. The van der Waals surface area contributed by atoms with Crippen LogP contribution in [0, 0.1) is 0 Å². The molecule has 1 aliphatic carbocycles. The second-order valence-electron chi connectivity index (χ2n) is 8.82. The van der Waals surface area contributed by atoms with Gasteiger partial charge in [-0.2, -0.15) is 4.31 Å². The molecule has 0 bridgehead atoms. The lowest BCUT2D eigenvalue weighted by Crippen LogP contribution is -2.46. The van der Waals surface area contributed by atoms with Crippen LogP contribution in [-0.2, 0) is 13.1 Å². The summed E-state index contributed by atoms with van der Waals surface area (Å²) < 4.78 is 23.4. The Balaban J connectivity index is 1.46. The lowest BCUT2D eigenvalue weighted by Gasteiger charge is -2.42. The first kappa shape index (κ1) is 25.7. The molecule has 2 fully saturated rings. The van der Waals surface area contributed by atoms with Gasteiger partial charge in [0.1, 0.15) is 11.3 Å². The summed E-state index contributed by atoms with van der Waals surface area (Å²) in [6.07, 6.45) is 2.16. The Morgan fingerprint density at radius 2 is 1.77 bits per heavy atom. The average molecular weight is 525 g/mol. The smallest absolute Gasteiger partial charge is 0.268 e. The van der Waals surface area contributed by atoms with E-state index in [1.807, 2.05) is 0 Å². The topological polar surface area (TPSA) is 144 Å². The van der Waals surface area contributed by atoms with Crippen LogP contribution in [-0.4, -0.2) is 65.9 Å². The van der Waals surface area contributed by atoms with E-state index in [1.54, 1.807) is 28.6 Å². The molecule has 1 aliphatic heterocycles. The van der Waals surface area contributed by atoms with Crippen molar-refractivity contribution in [3.8, 4) is 0 Å². The fourth-order valence-electron chi connectivity index (χ4n) is 4.35. The molecule has 190 valence electrons. The first-order valence-corrected chi connectivity index (χ1v) is 13.4. The van der Waals surface area contributed by atoms with Crippen molar-refractivity contribution in [2.45, 2.75) is 37.9 Å². The van der Waals surface area contributed by atoms with Crippen LogP contribution in [0.4, 0.5) is 0 Å². The zero-order chi connectivity index (χ0) is 25.2. The van der Waals surface area contributed by atoms with Crippen LogP contribution in [0.1, 0.15) is 45.7 Å². The Bertz CT molecular complexity index is 1170. The number of nitrogens with zero attached hydrogens (tertiary/aromatic N) is 2. The van der Waals surface area contributed by atoms with Gasteiger partial charge >= 0.3 is 0 Å². The molecule has 0 spiro atoms. The summed E-state index contributed by atoms with van der Waals surface area (Å²) in [7, 11) is -2.82. The third kappa shape index (κ3) is 5.55. The first-order valence-electron chi connectivity index (χ1n) is 11.4. The Hall–Kier alpha value is -2.41. The summed E-state index contributed by atoms with van der Waals surface area (Å²) in [5, 5.41) is 15.5. The number of amides is 2. The van der Waals surface area contributed by atoms with Crippen LogP contribution in [0.3, 0.4) is 0 Å². The van der Waals surface area contributed by atoms with E-state index >= 15 is 0 Å². The number of nitrogens with one attached hydrogen (secondary N) is 2.